The minimum absolute atomic E-state index is 0.0137. The zero-order chi connectivity index (χ0) is 24.5. The lowest BCUT2D eigenvalue weighted by Crippen LogP contribution is -2.40. The maximum absolute atomic E-state index is 13.2. The van der Waals surface area contributed by atoms with Crippen molar-refractivity contribution in [2.24, 2.45) is 7.05 Å². The molecular weight excluding hydrogens is 490 g/mol. The summed E-state index contributed by atoms with van der Waals surface area (Å²) in [5, 5.41) is 8.50. The number of nitrogens with zero attached hydrogens (tertiary/aromatic N) is 5. The number of benzene rings is 1. The van der Waals surface area contributed by atoms with Crippen molar-refractivity contribution in [1.82, 2.24) is 34.3 Å². The van der Waals surface area contributed by atoms with Gasteiger partial charge in [0.25, 0.3) is 5.56 Å². The number of thioether (sulfide) groups is 1. The van der Waals surface area contributed by atoms with Crippen LogP contribution in [0, 0.1) is 0 Å². The van der Waals surface area contributed by atoms with Gasteiger partial charge >= 0.3 is 5.69 Å². The second kappa shape index (κ2) is 9.43. The lowest BCUT2D eigenvalue weighted by atomic mass is 10.2. The fraction of sp³-hybridized carbons (Fsp3) is 0.174. The molecule has 0 bridgehead atoms. The number of pyridine rings is 1. The first kappa shape index (κ1) is 22.9. The molecule has 0 saturated heterocycles. The Morgan fingerprint density at radius 3 is 2.71 bits per heavy atom. The summed E-state index contributed by atoms with van der Waals surface area (Å²) in [6.45, 7) is -0.136. The molecule has 0 saturated carbocycles. The highest BCUT2D eigenvalue weighted by Crippen LogP contribution is 2.33. The minimum atomic E-state index is -0.532. The topological polar surface area (TPSA) is 116 Å². The Hall–Kier alpha value is -3.83. The summed E-state index contributed by atoms with van der Waals surface area (Å²) in [7, 11) is 1.54. The Bertz CT molecular complexity index is 1560. The van der Waals surface area contributed by atoms with Gasteiger partial charge < -0.3 is 15.2 Å². The largest absolute Gasteiger partial charge is 0.355 e. The quantitative estimate of drug-likeness (QED) is 0.408. The maximum atomic E-state index is 13.2. The Labute approximate surface area is 208 Å². The molecule has 12 heteroatoms. The van der Waals surface area contributed by atoms with E-state index in [1.807, 2.05) is 29.7 Å². The molecule has 10 nitrogen and oxygen atoms in total. The van der Waals surface area contributed by atoms with Crippen molar-refractivity contribution in [2.45, 2.75) is 18.5 Å². The highest BCUT2D eigenvalue weighted by molar-refractivity contribution is 8.02. The molecule has 4 aromatic rings. The Morgan fingerprint density at radius 2 is 1.97 bits per heavy atom. The van der Waals surface area contributed by atoms with Gasteiger partial charge in [0.2, 0.25) is 5.91 Å². The normalized spacial score (nSPS) is 15.1. The number of rotatable bonds is 6. The van der Waals surface area contributed by atoms with Gasteiger partial charge in [-0.05, 0) is 29.8 Å². The average Bonchev–Trinajstić information content (AvgIpc) is 3.49. The molecule has 3 aromatic heterocycles. The molecule has 0 fully saturated rings. The van der Waals surface area contributed by atoms with Crippen LogP contribution in [0.3, 0.4) is 0 Å². The number of halogens is 1. The van der Waals surface area contributed by atoms with Crippen molar-refractivity contribution in [2.75, 3.05) is 0 Å². The third kappa shape index (κ3) is 4.60. The molecule has 1 amide bonds. The Kier molecular flexibility index (Phi) is 6.18. The van der Waals surface area contributed by atoms with Crippen molar-refractivity contribution < 1.29 is 4.79 Å². The Balaban J connectivity index is 1.35. The van der Waals surface area contributed by atoms with Crippen molar-refractivity contribution in [1.29, 1.82) is 0 Å². The predicted octanol–water partition coefficient (Wildman–Crippen LogP) is 1.94. The van der Waals surface area contributed by atoms with Gasteiger partial charge in [0.1, 0.15) is 17.7 Å². The van der Waals surface area contributed by atoms with Crippen LogP contribution < -0.4 is 21.9 Å². The molecule has 1 aromatic carbocycles. The monoisotopic (exact) mass is 509 g/mol. The lowest BCUT2D eigenvalue weighted by molar-refractivity contribution is -0.121. The molecule has 2 N–H and O–H groups in total. The number of imidazole rings is 1. The summed E-state index contributed by atoms with van der Waals surface area (Å²) in [6, 6.07) is 12.7. The number of carbonyl (C=O) groups is 1. The standard InChI is InChI=1S/C23H20ClN7O3S/c1-29-20-19(22(33)31(23(29)34)10-16-4-2-3-9-25-16)30(13-26-20)11-18(32)27-17-12-35-21(28-17)14-5-7-15(24)8-6-14/h2-9,12-13,21,28H,10-11H2,1H3,(H,27,32). The van der Waals surface area contributed by atoms with Crippen molar-refractivity contribution in [3.8, 4) is 0 Å². The molecule has 0 radical (unpaired) electrons. The fourth-order valence-corrected chi connectivity index (χ4v) is 4.82. The summed E-state index contributed by atoms with van der Waals surface area (Å²) in [6.07, 6.45) is 2.98. The fourth-order valence-electron chi connectivity index (χ4n) is 3.79. The van der Waals surface area contributed by atoms with E-state index in [2.05, 4.69) is 20.6 Å². The highest BCUT2D eigenvalue weighted by atomic mass is 35.5. The van der Waals surface area contributed by atoms with Gasteiger partial charge in [0.05, 0.1) is 18.6 Å². The molecular formula is C23H20ClN7O3S. The minimum Gasteiger partial charge on any atom is -0.355 e. The summed E-state index contributed by atoms with van der Waals surface area (Å²) in [5.41, 5.74) is 0.933. The summed E-state index contributed by atoms with van der Waals surface area (Å²) >= 11 is 7.48. The number of nitrogens with one attached hydrogen (secondary N) is 2. The van der Waals surface area contributed by atoms with E-state index < -0.39 is 11.2 Å². The molecule has 5 rings (SSSR count). The van der Waals surface area contributed by atoms with Gasteiger partial charge in [-0.2, -0.15) is 0 Å². The maximum Gasteiger partial charge on any atom is 0.332 e. The summed E-state index contributed by atoms with van der Waals surface area (Å²) < 4.78 is 3.83. The van der Waals surface area contributed by atoms with Gasteiger partial charge in [0.15, 0.2) is 11.2 Å². The zero-order valence-electron chi connectivity index (χ0n) is 18.5. The van der Waals surface area contributed by atoms with Crippen molar-refractivity contribution in [3.63, 3.8) is 0 Å². The number of hydrogen-bond donors (Lipinski definition) is 2. The van der Waals surface area contributed by atoms with Gasteiger partial charge in [-0.15, -0.1) is 11.8 Å². The first-order valence-corrected chi connectivity index (χ1v) is 11.9. The number of aromatic nitrogens is 5. The molecule has 35 heavy (non-hydrogen) atoms. The number of hydrogen-bond acceptors (Lipinski definition) is 7. The number of amides is 1. The average molecular weight is 510 g/mol. The molecule has 0 spiro atoms. The SMILES string of the molecule is Cn1c(=O)n(Cc2ccccn2)c(=O)c2c1ncn2CC(=O)NC1=CSC(c2ccc(Cl)cc2)N1. The second-order valence-corrected chi connectivity index (χ2v) is 9.31. The third-order valence-electron chi connectivity index (χ3n) is 5.52. The van der Waals surface area contributed by atoms with Crippen LogP contribution >= 0.6 is 23.4 Å². The first-order chi connectivity index (χ1) is 16.9. The molecule has 178 valence electrons. The summed E-state index contributed by atoms with van der Waals surface area (Å²) in [4.78, 5) is 47.2. The molecule has 1 aliphatic rings. The van der Waals surface area contributed by atoms with E-state index in [1.54, 1.807) is 24.4 Å². The van der Waals surface area contributed by atoms with Crippen LogP contribution in [0.25, 0.3) is 11.2 Å². The van der Waals surface area contributed by atoms with Gasteiger partial charge in [-0.3, -0.25) is 23.7 Å². The number of fused-ring (bicyclic) bond motifs is 1. The molecule has 1 atom stereocenters. The number of aryl methyl sites for hydroxylation is 1. The van der Waals surface area contributed by atoms with E-state index in [4.69, 9.17) is 11.6 Å². The van der Waals surface area contributed by atoms with E-state index >= 15 is 0 Å². The number of carbonyl (C=O) groups excluding carboxylic acids is 1. The molecule has 1 aliphatic heterocycles. The van der Waals surface area contributed by atoms with E-state index in [0.717, 1.165) is 10.1 Å². The second-order valence-electron chi connectivity index (χ2n) is 7.89. The molecule has 1 unspecified atom stereocenters. The third-order valence-corrected chi connectivity index (χ3v) is 6.80. The van der Waals surface area contributed by atoms with Crippen LogP contribution in [-0.2, 0) is 24.9 Å². The highest BCUT2D eigenvalue weighted by Gasteiger charge is 2.21. The zero-order valence-corrected chi connectivity index (χ0v) is 20.1. The van der Waals surface area contributed by atoms with Gasteiger partial charge in [-0.25, -0.2) is 9.78 Å². The van der Waals surface area contributed by atoms with Crippen LogP contribution in [0.5, 0.6) is 0 Å². The van der Waals surface area contributed by atoms with Gasteiger partial charge in [-0.1, -0.05) is 29.8 Å². The van der Waals surface area contributed by atoms with Gasteiger partial charge in [0, 0.05) is 23.7 Å². The lowest BCUT2D eigenvalue weighted by Gasteiger charge is -2.14. The van der Waals surface area contributed by atoms with Crippen molar-refractivity contribution in [3.05, 3.63) is 103 Å². The summed E-state index contributed by atoms with van der Waals surface area (Å²) in [5.74, 6) is 0.217. The van der Waals surface area contributed by atoms with E-state index in [9.17, 15) is 14.4 Å². The van der Waals surface area contributed by atoms with Crippen molar-refractivity contribution >= 4 is 40.4 Å². The Morgan fingerprint density at radius 1 is 1.17 bits per heavy atom. The van der Waals surface area contributed by atoms with E-state index in [-0.39, 0.29) is 35.5 Å². The van der Waals surface area contributed by atoms with Crippen LogP contribution in [0.15, 0.2) is 75.8 Å². The van der Waals surface area contributed by atoms with Crippen LogP contribution in [0.4, 0.5) is 0 Å². The first-order valence-electron chi connectivity index (χ1n) is 10.6. The van der Waals surface area contributed by atoms with Crippen LogP contribution in [0.2, 0.25) is 5.02 Å². The molecule has 4 heterocycles. The van der Waals surface area contributed by atoms with E-state index in [1.165, 1.54) is 34.3 Å². The van der Waals surface area contributed by atoms with Crippen LogP contribution in [0.1, 0.15) is 16.6 Å². The van der Waals surface area contributed by atoms with E-state index in [0.29, 0.717) is 16.5 Å². The molecule has 0 aliphatic carbocycles. The smallest absolute Gasteiger partial charge is 0.332 e. The predicted molar refractivity (Wildman–Crippen MR) is 134 cm³/mol. The van der Waals surface area contributed by atoms with Crippen LogP contribution in [-0.4, -0.2) is 29.6 Å².